The summed E-state index contributed by atoms with van der Waals surface area (Å²) in [6, 6.07) is 13.0. The Morgan fingerprint density at radius 3 is 2.13 bits per heavy atom. The number of furan rings is 1. The van der Waals surface area contributed by atoms with E-state index in [2.05, 4.69) is 0 Å². The number of carboxylic acid groups (broad SMARTS) is 1. The second kappa shape index (κ2) is 8.37. The summed E-state index contributed by atoms with van der Waals surface area (Å²) in [5.74, 6) is 0.899. The fourth-order valence-corrected chi connectivity index (χ4v) is 2.73. The van der Waals surface area contributed by atoms with Gasteiger partial charge in [-0.3, -0.25) is 0 Å². The Kier molecular flexibility index (Phi) is 6.01. The maximum atomic E-state index is 12.7. The molecule has 8 heteroatoms. The van der Waals surface area contributed by atoms with E-state index in [1.54, 1.807) is 37.3 Å². The van der Waals surface area contributed by atoms with Crippen LogP contribution in [0.4, 0.5) is 13.2 Å². The molecule has 5 nitrogen and oxygen atoms in total. The van der Waals surface area contributed by atoms with Crippen molar-refractivity contribution in [2.24, 2.45) is 0 Å². The normalized spacial score (nSPS) is 11.9. The molecule has 31 heavy (non-hydrogen) atoms. The number of carboxylic acids is 1. The molecule has 3 rings (SSSR count). The molecule has 1 aromatic heterocycles. The predicted molar refractivity (Wildman–Crippen MR) is 107 cm³/mol. The standard InChI is InChI=1S/C23H21F3O5/c1-14-16(12-20(30-14)15-4-6-17(7-5-15)23(24,25)26)13-29-18-8-10-19(11-9-18)31-22(2,3)21(27)28/h4-12H,13H2,1-3H3,(H,27,28). The van der Waals surface area contributed by atoms with Crippen LogP contribution in [0.25, 0.3) is 11.3 Å². The molecule has 0 amide bonds. The zero-order chi connectivity index (χ0) is 22.8. The van der Waals surface area contributed by atoms with E-state index in [0.717, 1.165) is 17.7 Å². The molecule has 3 aromatic rings. The van der Waals surface area contributed by atoms with Crippen molar-refractivity contribution in [3.63, 3.8) is 0 Å². The van der Waals surface area contributed by atoms with Gasteiger partial charge in [0, 0.05) is 11.1 Å². The first-order chi connectivity index (χ1) is 14.5. The van der Waals surface area contributed by atoms with Crippen molar-refractivity contribution in [3.05, 3.63) is 71.5 Å². The fourth-order valence-electron chi connectivity index (χ4n) is 2.73. The van der Waals surface area contributed by atoms with Crippen molar-refractivity contribution in [2.75, 3.05) is 0 Å². The molecular weight excluding hydrogens is 413 g/mol. The highest BCUT2D eigenvalue weighted by Crippen LogP contribution is 2.32. The summed E-state index contributed by atoms with van der Waals surface area (Å²) in [5, 5.41) is 9.12. The molecule has 164 valence electrons. The Labute approximate surface area is 177 Å². The number of aliphatic carboxylic acids is 1. The van der Waals surface area contributed by atoms with E-state index in [9.17, 15) is 18.0 Å². The van der Waals surface area contributed by atoms with E-state index in [0.29, 0.717) is 28.6 Å². The number of aryl methyl sites for hydroxylation is 1. The number of rotatable bonds is 7. The highest BCUT2D eigenvalue weighted by atomic mass is 19.4. The van der Waals surface area contributed by atoms with Gasteiger partial charge in [-0.1, -0.05) is 12.1 Å². The van der Waals surface area contributed by atoms with Gasteiger partial charge in [0.05, 0.1) is 5.56 Å². The molecule has 1 heterocycles. The van der Waals surface area contributed by atoms with Crippen LogP contribution in [0.3, 0.4) is 0 Å². The van der Waals surface area contributed by atoms with Crippen LogP contribution in [0, 0.1) is 6.92 Å². The van der Waals surface area contributed by atoms with Gasteiger partial charge in [0.25, 0.3) is 0 Å². The second-order valence-corrected chi connectivity index (χ2v) is 7.44. The first kappa shape index (κ1) is 22.3. The van der Waals surface area contributed by atoms with Crippen molar-refractivity contribution < 1.29 is 37.0 Å². The van der Waals surface area contributed by atoms with Crippen LogP contribution in [0.1, 0.15) is 30.7 Å². The molecule has 0 unspecified atom stereocenters. The number of carbonyl (C=O) groups is 1. The lowest BCUT2D eigenvalue weighted by Gasteiger charge is -2.21. The molecular formula is C23H21F3O5. The number of alkyl halides is 3. The zero-order valence-corrected chi connectivity index (χ0v) is 17.1. The summed E-state index contributed by atoms with van der Waals surface area (Å²) < 4.78 is 55.0. The molecule has 2 aromatic carbocycles. The van der Waals surface area contributed by atoms with Crippen LogP contribution in [0.15, 0.2) is 59.0 Å². The summed E-state index contributed by atoms with van der Waals surface area (Å²) in [5.41, 5.74) is -0.792. The maximum absolute atomic E-state index is 12.7. The SMILES string of the molecule is Cc1oc(-c2ccc(C(F)(F)F)cc2)cc1COc1ccc(OC(C)(C)C(=O)O)cc1. The molecule has 0 aliphatic rings. The minimum absolute atomic E-state index is 0.191. The van der Waals surface area contributed by atoms with E-state index >= 15 is 0 Å². The highest BCUT2D eigenvalue weighted by molar-refractivity contribution is 5.76. The lowest BCUT2D eigenvalue weighted by molar-refractivity contribution is -0.152. The maximum Gasteiger partial charge on any atom is 0.416 e. The molecule has 0 saturated heterocycles. The molecule has 1 N–H and O–H groups in total. The Balaban J connectivity index is 1.65. The molecule has 0 aliphatic carbocycles. The Hall–Kier alpha value is -3.42. The van der Waals surface area contributed by atoms with Gasteiger partial charge >= 0.3 is 12.1 Å². The van der Waals surface area contributed by atoms with Gasteiger partial charge in [-0.05, 0) is 63.2 Å². The van der Waals surface area contributed by atoms with Crippen LogP contribution < -0.4 is 9.47 Å². The molecule has 0 bridgehead atoms. The van der Waals surface area contributed by atoms with E-state index in [-0.39, 0.29) is 6.61 Å². The number of halogens is 3. The van der Waals surface area contributed by atoms with Gasteiger partial charge in [0.2, 0.25) is 0 Å². The Bertz CT molecular complexity index is 1050. The molecule has 0 saturated carbocycles. The van der Waals surface area contributed by atoms with Crippen LogP contribution in [-0.4, -0.2) is 16.7 Å². The monoisotopic (exact) mass is 434 g/mol. The third-order valence-electron chi connectivity index (χ3n) is 4.62. The van der Waals surface area contributed by atoms with E-state index in [1.165, 1.54) is 26.0 Å². The number of benzene rings is 2. The first-order valence-corrected chi connectivity index (χ1v) is 9.38. The van der Waals surface area contributed by atoms with Crippen LogP contribution in [0.5, 0.6) is 11.5 Å². The molecule has 0 spiro atoms. The van der Waals surface area contributed by atoms with E-state index in [1.807, 2.05) is 0 Å². The number of ether oxygens (including phenoxy) is 2. The van der Waals surface area contributed by atoms with Crippen LogP contribution in [0.2, 0.25) is 0 Å². The minimum Gasteiger partial charge on any atom is -0.489 e. The lowest BCUT2D eigenvalue weighted by atomic mass is 10.1. The zero-order valence-electron chi connectivity index (χ0n) is 17.1. The Morgan fingerprint density at radius 2 is 1.58 bits per heavy atom. The quantitative estimate of drug-likeness (QED) is 0.487. The molecule has 0 fully saturated rings. The fraction of sp³-hybridized carbons (Fsp3) is 0.261. The van der Waals surface area contributed by atoms with Crippen molar-refractivity contribution in [2.45, 2.75) is 39.2 Å². The molecule has 0 radical (unpaired) electrons. The molecule has 0 aliphatic heterocycles. The van der Waals surface area contributed by atoms with Gasteiger partial charge in [-0.15, -0.1) is 0 Å². The van der Waals surface area contributed by atoms with Gasteiger partial charge < -0.3 is 19.0 Å². The summed E-state index contributed by atoms with van der Waals surface area (Å²) in [7, 11) is 0. The summed E-state index contributed by atoms with van der Waals surface area (Å²) >= 11 is 0. The topological polar surface area (TPSA) is 68.9 Å². The third kappa shape index (κ3) is 5.39. The average Bonchev–Trinajstić information content (AvgIpc) is 3.07. The van der Waals surface area contributed by atoms with Crippen molar-refractivity contribution >= 4 is 5.97 Å². The number of hydrogen-bond donors (Lipinski definition) is 1. The van der Waals surface area contributed by atoms with Crippen molar-refractivity contribution in [1.82, 2.24) is 0 Å². The van der Waals surface area contributed by atoms with Gasteiger partial charge in [0.15, 0.2) is 5.60 Å². The Morgan fingerprint density at radius 1 is 1.00 bits per heavy atom. The molecule has 0 atom stereocenters. The van der Waals surface area contributed by atoms with Crippen LogP contribution in [-0.2, 0) is 17.6 Å². The van der Waals surface area contributed by atoms with Crippen molar-refractivity contribution in [1.29, 1.82) is 0 Å². The van der Waals surface area contributed by atoms with Gasteiger partial charge in [-0.2, -0.15) is 13.2 Å². The minimum atomic E-state index is -4.39. The van der Waals surface area contributed by atoms with E-state index in [4.69, 9.17) is 19.0 Å². The van der Waals surface area contributed by atoms with E-state index < -0.39 is 23.3 Å². The smallest absolute Gasteiger partial charge is 0.416 e. The lowest BCUT2D eigenvalue weighted by Crippen LogP contribution is -2.37. The van der Waals surface area contributed by atoms with Gasteiger partial charge in [-0.25, -0.2) is 4.79 Å². The predicted octanol–water partition coefficient (Wildman–Crippen LogP) is 6.09. The second-order valence-electron chi connectivity index (χ2n) is 7.44. The highest BCUT2D eigenvalue weighted by Gasteiger charge is 2.30. The number of hydrogen-bond acceptors (Lipinski definition) is 4. The summed E-state index contributed by atoms with van der Waals surface area (Å²) in [6.45, 7) is 4.85. The summed E-state index contributed by atoms with van der Waals surface area (Å²) in [6.07, 6.45) is -4.39. The van der Waals surface area contributed by atoms with Crippen LogP contribution >= 0.6 is 0 Å². The average molecular weight is 434 g/mol. The van der Waals surface area contributed by atoms with Crippen molar-refractivity contribution in [3.8, 4) is 22.8 Å². The largest absolute Gasteiger partial charge is 0.489 e. The summed E-state index contributed by atoms with van der Waals surface area (Å²) in [4.78, 5) is 11.1. The third-order valence-corrected chi connectivity index (χ3v) is 4.62. The first-order valence-electron chi connectivity index (χ1n) is 9.38. The van der Waals surface area contributed by atoms with Gasteiger partial charge in [0.1, 0.15) is 29.6 Å².